The highest BCUT2D eigenvalue weighted by Crippen LogP contribution is 2.32. The maximum absolute atomic E-state index is 12.3. The van der Waals surface area contributed by atoms with Crippen LogP contribution in [0.15, 0.2) is 60.7 Å². The molecule has 2 unspecified atom stereocenters. The molecule has 0 saturated carbocycles. The molecule has 32 heavy (non-hydrogen) atoms. The van der Waals surface area contributed by atoms with Gasteiger partial charge in [-0.25, -0.2) is 9.78 Å². The van der Waals surface area contributed by atoms with Crippen LogP contribution >= 0.6 is 0 Å². The summed E-state index contributed by atoms with van der Waals surface area (Å²) in [5, 5.41) is 10.1. The Balaban J connectivity index is 1.89. The number of carbonyl (C=O) groups is 1. The predicted molar refractivity (Wildman–Crippen MR) is 120 cm³/mol. The monoisotopic (exact) mass is 436 g/mol. The fourth-order valence-corrected chi connectivity index (χ4v) is 3.39. The molecule has 2 aromatic carbocycles. The van der Waals surface area contributed by atoms with E-state index >= 15 is 0 Å². The molecule has 7 heteroatoms. The topological polar surface area (TPSA) is 90.8 Å². The first kappa shape index (κ1) is 23.2. The summed E-state index contributed by atoms with van der Waals surface area (Å²) >= 11 is 0. The minimum absolute atomic E-state index is 0.0847. The number of hydrogen-bond donors (Lipinski definition) is 1. The molecule has 168 valence electrons. The highest BCUT2D eigenvalue weighted by molar-refractivity contribution is 5.75. The first-order valence-electron chi connectivity index (χ1n) is 10.4. The molecule has 0 aliphatic rings. The van der Waals surface area contributed by atoms with Crippen molar-refractivity contribution in [2.75, 3.05) is 13.7 Å². The molecule has 1 aromatic heterocycles. The first-order valence-corrected chi connectivity index (χ1v) is 10.4. The van der Waals surface area contributed by atoms with Crippen molar-refractivity contribution in [2.24, 2.45) is 0 Å². The van der Waals surface area contributed by atoms with E-state index in [1.807, 2.05) is 61.5 Å². The molecular formula is C25H28N2O5. The molecule has 2 atom stereocenters. The van der Waals surface area contributed by atoms with Gasteiger partial charge >= 0.3 is 12.0 Å². The van der Waals surface area contributed by atoms with Gasteiger partial charge in [-0.05, 0) is 38.3 Å². The third kappa shape index (κ3) is 5.62. The van der Waals surface area contributed by atoms with E-state index in [4.69, 9.17) is 14.2 Å². The van der Waals surface area contributed by atoms with Gasteiger partial charge in [-0.15, -0.1) is 0 Å². The van der Waals surface area contributed by atoms with E-state index in [0.717, 1.165) is 5.56 Å². The molecule has 0 amide bonds. The van der Waals surface area contributed by atoms with E-state index in [-0.39, 0.29) is 6.01 Å². The lowest BCUT2D eigenvalue weighted by Crippen LogP contribution is -2.49. The van der Waals surface area contributed by atoms with Crippen LogP contribution in [0.3, 0.4) is 0 Å². The smallest absolute Gasteiger partial charge is 0.348 e. The number of carboxylic acid groups (broad SMARTS) is 1. The lowest BCUT2D eigenvalue weighted by molar-refractivity contribution is -0.168. The average Bonchev–Trinajstić information content (AvgIpc) is 2.78. The highest BCUT2D eigenvalue weighted by atomic mass is 16.6. The number of aromatic nitrogens is 2. The molecular weight excluding hydrogens is 408 g/mol. The second kappa shape index (κ2) is 10.2. The van der Waals surface area contributed by atoms with Crippen LogP contribution in [0, 0.1) is 13.8 Å². The Morgan fingerprint density at radius 3 is 2.38 bits per heavy atom. The third-order valence-corrected chi connectivity index (χ3v) is 5.23. The van der Waals surface area contributed by atoms with E-state index < -0.39 is 17.7 Å². The lowest BCUT2D eigenvalue weighted by atomic mass is 9.89. The summed E-state index contributed by atoms with van der Waals surface area (Å²) < 4.78 is 17.2. The average molecular weight is 437 g/mol. The highest BCUT2D eigenvalue weighted by Gasteiger charge is 2.44. The summed E-state index contributed by atoms with van der Waals surface area (Å²) in [6.45, 7) is 5.80. The molecule has 1 heterocycles. The van der Waals surface area contributed by atoms with Crippen molar-refractivity contribution in [3.63, 3.8) is 0 Å². The van der Waals surface area contributed by atoms with Gasteiger partial charge in [-0.1, -0.05) is 60.2 Å². The summed E-state index contributed by atoms with van der Waals surface area (Å²) in [5.74, 6) is -0.894. The van der Waals surface area contributed by atoms with E-state index in [9.17, 15) is 9.90 Å². The van der Waals surface area contributed by atoms with Crippen molar-refractivity contribution in [3.05, 3.63) is 83.0 Å². The summed E-state index contributed by atoms with van der Waals surface area (Å²) in [6, 6.07) is 18.9. The third-order valence-electron chi connectivity index (χ3n) is 5.23. The van der Waals surface area contributed by atoms with Gasteiger partial charge in [0, 0.05) is 11.8 Å². The minimum Gasteiger partial charge on any atom is -0.481 e. The largest absolute Gasteiger partial charge is 0.481 e. The number of rotatable bonds is 10. The van der Waals surface area contributed by atoms with Gasteiger partial charge in [0.25, 0.3) is 0 Å². The number of benzene rings is 2. The summed E-state index contributed by atoms with van der Waals surface area (Å²) in [5.41, 5.74) is 2.26. The Morgan fingerprint density at radius 2 is 1.75 bits per heavy atom. The number of nitrogens with zero attached hydrogens (tertiary/aromatic N) is 2. The number of aliphatic carboxylic acids is 1. The Hall–Kier alpha value is -3.45. The maximum Gasteiger partial charge on any atom is 0.348 e. The van der Waals surface area contributed by atoms with Crippen LogP contribution in [0.25, 0.3) is 0 Å². The van der Waals surface area contributed by atoms with Crippen molar-refractivity contribution in [3.8, 4) is 11.9 Å². The molecule has 0 aliphatic carbocycles. The molecule has 3 rings (SSSR count). The SMILES string of the molecule is COc1cc(C)nc(OC(C(=O)O)C(C)(OCCc2ccc(C)cc2)c2ccccc2)n1. The second-order valence-corrected chi connectivity index (χ2v) is 7.73. The van der Waals surface area contributed by atoms with Crippen molar-refractivity contribution < 1.29 is 24.1 Å². The molecule has 3 aromatic rings. The van der Waals surface area contributed by atoms with E-state index in [1.54, 1.807) is 19.9 Å². The Bertz CT molecular complexity index is 1040. The van der Waals surface area contributed by atoms with Crippen LogP contribution in [0.2, 0.25) is 0 Å². The molecule has 7 nitrogen and oxygen atoms in total. The first-order chi connectivity index (χ1) is 15.3. The zero-order chi connectivity index (χ0) is 23.1. The van der Waals surface area contributed by atoms with Crippen molar-refractivity contribution >= 4 is 5.97 Å². The van der Waals surface area contributed by atoms with Crippen LogP contribution in [0.1, 0.15) is 29.3 Å². The predicted octanol–water partition coefficient (Wildman–Crippen LogP) is 4.11. The molecule has 0 bridgehead atoms. The van der Waals surface area contributed by atoms with E-state index in [2.05, 4.69) is 9.97 Å². The van der Waals surface area contributed by atoms with E-state index in [1.165, 1.54) is 12.7 Å². The van der Waals surface area contributed by atoms with Gasteiger partial charge in [0.15, 0.2) is 0 Å². The fourth-order valence-electron chi connectivity index (χ4n) is 3.39. The van der Waals surface area contributed by atoms with Crippen LogP contribution in [0.4, 0.5) is 0 Å². The Labute approximate surface area is 188 Å². The lowest BCUT2D eigenvalue weighted by Gasteiger charge is -2.35. The zero-order valence-electron chi connectivity index (χ0n) is 18.7. The number of methoxy groups -OCH3 is 1. The van der Waals surface area contributed by atoms with Crippen LogP contribution in [-0.2, 0) is 21.6 Å². The second-order valence-electron chi connectivity index (χ2n) is 7.73. The quantitative estimate of drug-likeness (QED) is 0.511. The molecule has 0 fully saturated rings. The molecule has 0 aliphatic heterocycles. The zero-order valence-corrected chi connectivity index (χ0v) is 18.7. The van der Waals surface area contributed by atoms with Gasteiger partial charge in [-0.3, -0.25) is 0 Å². The van der Waals surface area contributed by atoms with Gasteiger partial charge in [0.05, 0.1) is 13.7 Å². The standard InChI is InChI=1S/C25H28N2O5/c1-17-10-12-19(13-11-17)14-15-31-25(3,20-8-6-5-7-9-20)22(23(28)29)32-24-26-18(2)16-21(27-24)30-4/h5-13,16,22H,14-15H2,1-4H3,(H,28,29). The van der Waals surface area contributed by atoms with Gasteiger partial charge in [0.2, 0.25) is 12.0 Å². The van der Waals surface area contributed by atoms with Crippen molar-refractivity contribution in [1.29, 1.82) is 0 Å². The van der Waals surface area contributed by atoms with Gasteiger partial charge in [0.1, 0.15) is 5.60 Å². The number of carboxylic acids is 1. The number of ether oxygens (including phenoxy) is 3. The Kier molecular flexibility index (Phi) is 7.43. The van der Waals surface area contributed by atoms with Crippen LogP contribution in [-0.4, -0.2) is 40.9 Å². The molecule has 1 N–H and O–H groups in total. The Morgan fingerprint density at radius 1 is 1.06 bits per heavy atom. The van der Waals surface area contributed by atoms with E-state index in [0.29, 0.717) is 30.2 Å². The molecule has 0 spiro atoms. The van der Waals surface area contributed by atoms with Crippen LogP contribution in [0.5, 0.6) is 11.9 Å². The number of hydrogen-bond acceptors (Lipinski definition) is 6. The minimum atomic E-state index is -1.39. The summed E-state index contributed by atoms with van der Waals surface area (Å²) in [4.78, 5) is 20.7. The maximum atomic E-state index is 12.3. The molecule has 0 saturated heterocycles. The fraction of sp³-hybridized carbons (Fsp3) is 0.320. The van der Waals surface area contributed by atoms with Crippen molar-refractivity contribution in [1.82, 2.24) is 9.97 Å². The summed E-state index contributed by atoms with van der Waals surface area (Å²) in [7, 11) is 1.47. The normalized spacial score (nSPS) is 13.8. The van der Waals surface area contributed by atoms with Crippen LogP contribution < -0.4 is 9.47 Å². The number of aryl methyl sites for hydroxylation is 2. The summed E-state index contributed by atoms with van der Waals surface area (Å²) in [6.07, 6.45) is -0.765. The van der Waals surface area contributed by atoms with Crippen molar-refractivity contribution in [2.45, 2.75) is 38.9 Å². The van der Waals surface area contributed by atoms with Gasteiger partial charge < -0.3 is 19.3 Å². The molecule has 0 radical (unpaired) electrons. The van der Waals surface area contributed by atoms with Gasteiger partial charge in [-0.2, -0.15) is 4.98 Å².